The van der Waals surface area contributed by atoms with Crippen molar-refractivity contribution in [2.75, 3.05) is 25.6 Å². The maximum atomic E-state index is 11.1. The molecule has 5 nitrogen and oxygen atoms in total. The molecule has 0 aliphatic heterocycles. The van der Waals surface area contributed by atoms with Gasteiger partial charge in [-0.15, -0.1) is 0 Å². The van der Waals surface area contributed by atoms with Crippen LogP contribution in [0.2, 0.25) is 0 Å². The predicted molar refractivity (Wildman–Crippen MR) is 74.1 cm³/mol. The van der Waals surface area contributed by atoms with E-state index in [9.17, 15) is 4.79 Å². The highest BCUT2D eigenvalue weighted by atomic mass is 16.5. The standard InChI is InChI=1S/C14H17N3O2/c1-17(9-5-8-14(18)19-2)13-10-15-16-12-7-4-3-6-11(12)13/h3-4,6-7,10H,5,8-9H2,1-2H3. The van der Waals surface area contributed by atoms with E-state index < -0.39 is 0 Å². The lowest BCUT2D eigenvalue weighted by atomic mass is 10.2. The predicted octanol–water partition coefficient (Wildman–Crippen LogP) is 2.02. The molecule has 0 saturated carbocycles. The molecular formula is C14H17N3O2. The van der Waals surface area contributed by atoms with E-state index in [0.717, 1.165) is 29.6 Å². The molecule has 0 fully saturated rings. The number of esters is 1. The summed E-state index contributed by atoms with van der Waals surface area (Å²) in [7, 11) is 3.40. The summed E-state index contributed by atoms with van der Waals surface area (Å²) in [5.74, 6) is -0.175. The van der Waals surface area contributed by atoms with Crippen molar-refractivity contribution >= 4 is 22.6 Å². The number of ether oxygens (including phenoxy) is 1. The Morgan fingerprint density at radius 2 is 2.16 bits per heavy atom. The van der Waals surface area contributed by atoms with Crippen LogP contribution in [0.3, 0.4) is 0 Å². The van der Waals surface area contributed by atoms with E-state index in [1.54, 1.807) is 6.20 Å². The minimum atomic E-state index is -0.175. The van der Waals surface area contributed by atoms with Gasteiger partial charge in [-0.2, -0.15) is 10.2 Å². The van der Waals surface area contributed by atoms with Crippen LogP contribution in [0, 0.1) is 0 Å². The Morgan fingerprint density at radius 3 is 2.95 bits per heavy atom. The largest absolute Gasteiger partial charge is 0.469 e. The van der Waals surface area contributed by atoms with Crippen molar-refractivity contribution in [3.05, 3.63) is 30.5 Å². The summed E-state index contributed by atoms with van der Waals surface area (Å²) in [6, 6.07) is 7.89. The number of methoxy groups -OCH3 is 1. The van der Waals surface area contributed by atoms with E-state index >= 15 is 0 Å². The highest BCUT2D eigenvalue weighted by Gasteiger charge is 2.08. The minimum absolute atomic E-state index is 0.175. The fourth-order valence-electron chi connectivity index (χ4n) is 1.98. The molecule has 0 aliphatic carbocycles. The van der Waals surface area contributed by atoms with Gasteiger partial charge in [-0.3, -0.25) is 4.79 Å². The van der Waals surface area contributed by atoms with E-state index in [4.69, 9.17) is 0 Å². The van der Waals surface area contributed by atoms with Gasteiger partial charge in [0.15, 0.2) is 0 Å². The third kappa shape index (κ3) is 3.19. The molecule has 1 heterocycles. The van der Waals surface area contributed by atoms with Gasteiger partial charge in [0.2, 0.25) is 0 Å². The maximum Gasteiger partial charge on any atom is 0.305 e. The number of carbonyl (C=O) groups excluding carboxylic acids is 1. The average Bonchev–Trinajstić information content (AvgIpc) is 2.46. The molecule has 1 aromatic heterocycles. The zero-order valence-corrected chi connectivity index (χ0v) is 11.2. The van der Waals surface area contributed by atoms with Gasteiger partial charge in [0.1, 0.15) is 0 Å². The summed E-state index contributed by atoms with van der Waals surface area (Å²) in [6.07, 6.45) is 2.93. The second-order valence-electron chi connectivity index (χ2n) is 4.35. The Bertz CT molecular complexity index is 566. The van der Waals surface area contributed by atoms with Crippen molar-refractivity contribution in [2.45, 2.75) is 12.8 Å². The van der Waals surface area contributed by atoms with Crippen LogP contribution >= 0.6 is 0 Å². The molecule has 2 aromatic rings. The Morgan fingerprint density at radius 1 is 1.37 bits per heavy atom. The lowest BCUT2D eigenvalue weighted by Crippen LogP contribution is -2.20. The topological polar surface area (TPSA) is 55.3 Å². The van der Waals surface area contributed by atoms with Crippen LogP contribution in [0.1, 0.15) is 12.8 Å². The van der Waals surface area contributed by atoms with Gasteiger partial charge in [0.25, 0.3) is 0 Å². The van der Waals surface area contributed by atoms with Crippen molar-refractivity contribution in [3.63, 3.8) is 0 Å². The lowest BCUT2D eigenvalue weighted by Gasteiger charge is -2.19. The van der Waals surface area contributed by atoms with Crippen molar-refractivity contribution in [2.24, 2.45) is 0 Å². The van der Waals surface area contributed by atoms with Crippen molar-refractivity contribution < 1.29 is 9.53 Å². The Labute approximate surface area is 112 Å². The maximum absolute atomic E-state index is 11.1. The van der Waals surface area contributed by atoms with Crippen LogP contribution in [-0.2, 0) is 9.53 Å². The molecule has 2 rings (SSSR count). The van der Waals surface area contributed by atoms with Gasteiger partial charge in [0.05, 0.1) is 24.5 Å². The van der Waals surface area contributed by atoms with Crippen molar-refractivity contribution in [1.82, 2.24) is 10.2 Å². The second-order valence-corrected chi connectivity index (χ2v) is 4.35. The summed E-state index contributed by atoms with van der Waals surface area (Å²) in [4.78, 5) is 13.2. The Kier molecular flexibility index (Phi) is 4.28. The summed E-state index contributed by atoms with van der Waals surface area (Å²) >= 11 is 0. The van der Waals surface area contributed by atoms with Crippen LogP contribution in [0.4, 0.5) is 5.69 Å². The number of fused-ring (bicyclic) bond motifs is 1. The molecule has 0 atom stereocenters. The first-order valence-electron chi connectivity index (χ1n) is 6.20. The van der Waals surface area contributed by atoms with E-state index in [2.05, 4.69) is 19.8 Å². The summed E-state index contributed by atoms with van der Waals surface area (Å²) in [6.45, 7) is 0.769. The molecule has 0 saturated heterocycles. The zero-order valence-electron chi connectivity index (χ0n) is 11.2. The smallest absolute Gasteiger partial charge is 0.305 e. The van der Waals surface area contributed by atoms with Gasteiger partial charge in [0, 0.05) is 25.4 Å². The van der Waals surface area contributed by atoms with Gasteiger partial charge in [-0.1, -0.05) is 18.2 Å². The Balaban J connectivity index is 2.09. The first-order chi connectivity index (χ1) is 9.22. The highest BCUT2D eigenvalue weighted by Crippen LogP contribution is 2.23. The number of carbonyl (C=O) groups is 1. The van der Waals surface area contributed by atoms with Crippen LogP contribution < -0.4 is 4.90 Å². The molecular weight excluding hydrogens is 242 g/mol. The summed E-state index contributed by atoms with van der Waals surface area (Å²) in [5.41, 5.74) is 1.90. The summed E-state index contributed by atoms with van der Waals surface area (Å²) in [5, 5.41) is 9.17. The number of hydrogen-bond acceptors (Lipinski definition) is 5. The monoisotopic (exact) mass is 259 g/mol. The third-order valence-electron chi connectivity index (χ3n) is 3.04. The number of nitrogens with zero attached hydrogens (tertiary/aromatic N) is 3. The van der Waals surface area contributed by atoms with Crippen LogP contribution in [-0.4, -0.2) is 36.9 Å². The molecule has 100 valence electrons. The lowest BCUT2D eigenvalue weighted by molar-refractivity contribution is -0.140. The Hall–Kier alpha value is -2.17. The number of anilines is 1. The van der Waals surface area contributed by atoms with E-state index in [-0.39, 0.29) is 5.97 Å². The minimum Gasteiger partial charge on any atom is -0.469 e. The van der Waals surface area contributed by atoms with Gasteiger partial charge in [-0.05, 0) is 12.5 Å². The second kappa shape index (κ2) is 6.13. The molecule has 0 amide bonds. The number of benzene rings is 1. The van der Waals surface area contributed by atoms with Crippen LogP contribution in [0.25, 0.3) is 10.9 Å². The average molecular weight is 259 g/mol. The molecule has 0 radical (unpaired) electrons. The molecule has 5 heteroatoms. The number of rotatable bonds is 5. The molecule has 0 unspecified atom stereocenters. The van der Waals surface area contributed by atoms with E-state index in [0.29, 0.717) is 6.42 Å². The summed E-state index contributed by atoms with van der Waals surface area (Å²) < 4.78 is 4.63. The third-order valence-corrected chi connectivity index (χ3v) is 3.04. The zero-order chi connectivity index (χ0) is 13.7. The van der Waals surface area contributed by atoms with Gasteiger partial charge >= 0.3 is 5.97 Å². The number of aromatic nitrogens is 2. The van der Waals surface area contributed by atoms with E-state index in [1.807, 2.05) is 31.3 Å². The molecule has 0 N–H and O–H groups in total. The molecule has 19 heavy (non-hydrogen) atoms. The van der Waals surface area contributed by atoms with Gasteiger partial charge in [-0.25, -0.2) is 0 Å². The van der Waals surface area contributed by atoms with Crippen molar-refractivity contribution in [3.8, 4) is 0 Å². The molecule has 1 aromatic carbocycles. The fourth-order valence-corrected chi connectivity index (χ4v) is 1.98. The van der Waals surface area contributed by atoms with E-state index in [1.165, 1.54) is 7.11 Å². The van der Waals surface area contributed by atoms with Crippen LogP contribution in [0.15, 0.2) is 30.5 Å². The SMILES string of the molecule is COC(=O)CCCN(C)c1cnnc2ccccc12. The van der Waals surface area contributed by atoms with Gasteiger partial charge < -0.3 is 9.64 Å². The first kappa shape index (κ1) is 13.3. The normalized spacial score (nSPS) is 10.4. The molecule has 0 aliphatic rings. The quantitative estimate of drug-likeness (QED) is 0.769. The van der Waals surface area contributed by atoms with Crippen LogP contribution in [0.5, 0.6) is 0 Å². The number of hydrogen-bond donors (Lipinski definition) is 0. The first-order valence-corrected chi connectivity index (χ1v) is 6.20. The fraction of sp³-hybridized carbons (Fsp3) is 0.357. The van der Waals surface area contributed by atoms with Crippen molar-refractivity contribution in [1.29, 1.82) is 0 Å². The highest BCUT2D eigenvalue weighted by molar-refractivity contribution is 5.90. The molecule has 0 spiro atoms. The molecule has 0 bridgehead atoms.